The number of nitrogens with two attached hydrogens (primary N) is 1. The maximum Gasteiger partial charge on any atom is 0.122 e. The van der Waals surface area contributed by atoms with Gasteiger partial charge in [-0.3, -0.25) is 4.90 Å². The van der Waals surface area contributed by atoms with E-state index in [1.165, 1.54) is 17.5 Å². The SMILES string of the molecule is CN1CC(CN)CC1c1ccc2c(c1)CCO2. The van der Waals surface area contributed by atoms with Gasteiger partial charge in [-0.1, -0.05) is 12.1 Å². The van der Waals surface area contributed by atoms with Crippen molar-refractivity contribution in [2.75, 3.05) is 26.7 Å². The lowest BCUT2D eigenvalue weighted by Crippen LogP contribution is -2.20. The third kappa shape index (κ3) is 1.94. The minimum Gasteiger partial charge on any atom is -0.493 e. The second-order valence-corrected chi connectivity index (χ2v) is 5.26. The summed E-state index contributed by atoms with van der Waals surface area (Å²) in [7, 11) is 2.20. The highest BCUT2D eigenvalue weighted by molar-refractivity contribution is 5.41. The summed E-state index contributed by atoms with van der Waals surface area (Å²) < 4.78 is 5.55. The molecule has 1 saturated heterocycles. The maximum absolute atomic E-state index is 5.78. The fourth-order valence-electron chi connectivity index (χ4n) is 3.08. The summed E-state index contributed by atoms with van der Waals surface area (Å²) in [5.74, 6) is 1.72. The molecule has 2 aliphatic heterocycles. The van der Waals surface area contributed by atoms with Crippen molar-refractivity contribution >= 4 is 0 Å². The molecular formula is C14H20N2O. The topological polar surface area (TPSA) is 38.5 Å². The Kier molecular flexibility index (Phi) is 2.81. The average molecular weight is 232 g/mol. The Balaban J connectivity index is 1.84. The summed E-state index contributed by atoms with van der Waals surface area (Å²) in [6.45, 7) is 2.76. The van der Waals surface area contributed by atoms with Crippen LogP contribution in [0.1, 0.15) is 23.6 Å². The number of benzene rings is 1. The molecule has 3 heteroatoms. The smallest absolute Gasteiger partial charge is 0.122 e. The maximum atomic E-state index is 5.78. The number of hydrogen-bond acceptors (Lipinski definition) is 3. The first-order valence-electron chi connectivity index (χ1n) is 6.44. The van der Waals surface area contributed by atoms with Gasteiger partial charge in [0.1, 0.15) is 5.75 Å². The normalized spacial score (nSPS) is 28.1. The first-order valence-corrected chi connectivity index (χ1v) is 6.44. The molecule has 2 heterocycles. The molecule has 3 nitrogen and oxygen atoms in total. The van der Waals surface area contributed by atoms with Gasteiger partial charge in [-0.2, -0.15) is 0 Å². The van der Waals surface area contributed by atoms with Crippen LogP contribution >= 0.6 is 0 Å². The van der Waals surface area contributed by atoms with Gasteiger partial charge in [-0.15, -0.1) is 0 Å². The van der Waals surface area contributed by atoms with Gasteiger partial charge in [0.15, 0.2) is 0 Å². The van der Waals surface area contributed by atoms with Gasteiger partial charge in [-0.05, 0) is 43.1 Å². The number of ether oxygens (including phenoxy) is 1. The highest BCUT2D eigenvalue weighted by atomic mass is 16.5. The Morgan fingerprint density at radius 3 is 3.12 bits per heavy atom. The van der Waals surface area contributed by atoms with Crippen molar-refractivity contribution in [2.24, 2.45) is 11.7 Å². The average Bonchev–Trinajstić information content (AvgIpc) is 2.93. The van der Waals surface area contributed by atoms with Crippen LogP contribution in [0, 0.1) is 5.92 Å². The lowest BCUT2D eigenvalue weighted by atomic mass is 9.98. The highest BCUT2D eigenvalue weighted by Crippen LogP contribution is 2.36. The van der Waals surface area contributed by atoms with Gasteiger partial charge in [0.2, 0.25) is 0 Å². The van der Waals surface area contributed by atoms with Crippen LogP contribution in [0.15, 0.2) is 18.2 Å². The second-order valence-electron chi connectivity index (χ2n) is 5.26. The van der Waals surface area contributed by atoms with Crippen LogP contribution in [0.4, 0.5) is 0 Å². The van der Waals surface area contributed by atoms with Crippen molar-refractivity contribution in [3.05, 3.63) is 29.3 Å². The molecule has 0 saturated carbocycles. The zero-order valence-corrected chi connectivity index (χ0v) is 10.4. The van der Waals surface area contributed by atoms with Crippen LogP contribution in [0.2, 0.25) is 0 Å². The van der Waals surface area contributed by atoms with E-state index in [2.05, 4.69) is 30.1 Å². The first-order chi connectivity index (χ1) is 8.28. The van der Waals surface area contributed by atoms with E-state index in [1.807, 2.05) is 0 Å². The summed E-state index contributed by atoms with van der Waals surface area (Å²) in [4.78, 5) is 2.43. The monoisotopic (exact) mass is 232 g/mol. The Hall–Kier alpha value is -1.06. The molecule has 2 aliphatic rings. The second kappa shape index (κ2) is 4.31. The zero-order chi connectivity index (χ0) is 11.8. The summed E-state index contributed by atoms with van der Waals surface area (Å²) in [5.41, 5.74) is 8.57. The lowest BCUT2D eigenvalue weighted by Gasteiger charge is -2.20. The van der Waals surface area contributed by atoms with E-state index in [4.69, 9.17) is 10.5 Å². The number of likely N-dealkylation sites (tertiary alicyclic amines) is 1. The molecule has 2 unspecified atom stereocenters. The quantitative estimate of drug-likeness (QED) is 0.841. The van der Waals surface area contributed by atoms with Gasteiger partial charge in [0, 0.05) is 19.0 Å². The van der Waals surface area contributed by atoms with Crippen molar-refractivity contribution in [1.82, 2.24) is 4.90 Å². The van der Waals surface area contributed by atoms with Crippen molar-refractivity contribution in [2.45, 2.75) is 18.9 Å². The van der Waals surface area contributed by atoms with Gasteiger partial charge < -0.3 is 10.5 Å². The molecule has 1 aromatic carbocycles. The van der Waals surface area contributed by atoms with E-state index in [0.29, 0.717) is 12.0 Å². The van der Waals surface area contributed by atoms with E-state index in [0.717, 1.165) is 31.9 Å². The Bertz CT molecular complexity index is 419. The molecule has 1 aromatic rings. The van der Waals surface area contributed by atoms with Crippen molar-refractivity contribution in [3.8, 4) is 5.75 Å². The Morgan fingerprint density at radius 1 is 1.47 bits per heavy atom. The van der Waals surface area contributed by atoms with E-state index in [-0.39, 0.29) is 0 Å². The van der Waals surface area contributed by atoms with Crippen LogP contribution in [0.3, 0.4) is 0 Å². The van der Waals surface area contributed by atoms with Crippen LogP contribution in [0.25, 0.3) is 0 Å². The fourth-order valence-corrected chi connectivity index (χ4v) is 3.08. The Labute approximate surface area is 103 Å². The number of hydrogen-bond donors (Lipinski definition) is 1. The van der Waals surface area contributed by atoms with Crippen molar-refractivity contribution in [1.29, 1.82) is 0 Å². The lowest BCUT2D eigenvalue weighted by molar-refractivity contribution is 0.313. The summed E-state index contributed by atoms with van der Waals surface area (Å²) in [6.07, 6.45) is 2.24. The highest BCUT2D eigenvalue weighted by Gasteiger charge is 2.30. The molecule has 2 N–H and O–H groups in total. The number of rotatable bonds is 2. The molecule has 0 spiro atoms. The van der Waals surface area contributed by atoms with E-state index < -0.39 is 0 Å². The molecule has 1 fully saturated rings. The molecule has 2 atom stereocenters. The van der Waals surface area contributed by atoms with Crippen LogP contribution in [0.5, 0.6) is 5.75 Å². The van der Waals surface area contributed by atoms with Gasteiger partial charge in [0.05, 0.1) is 6.61 Å². The third-order valence-corrected chi connectivity index (χ3v) is 4.07. The minimum absolute atomic E-state index is 0.537. The molecule has 0 amide bonds. The number of nitrogens with zero attached hydrogens (tertiary/aromatic N) is 1. The van der Waals surface area contributed by atoms with Crippen LogP contribution in [-0.2, 0) is 6.42 Å². The fraction of sp³-hybridized carbons (Fsp3) is 0.571. The van der Waals surface area contributed by atoms with Crippen molar-refractivity contribution < 1.29 is 4.74 Å². The first kappa shape index (κ1) is 11.1. The van der Waals surface area contributed by atoms with Gasteiger partial charge in [0.25, 0.3) is 0 Å². The summed E-state index contributed by atoms with van der Waals surface area (Å²) in [5, 5.41) is 0. The van der Waals surface area contributed by atoms with E-state index in [1.54, 1.807) is 0 Å². The molecule has 92 valence electrons. The molecule has 3 rings (SSSR count). The summed E-state index contributed by atoms with van der Waals surface area (Å²) >= 11 is 0. The van der Waals surface area contributed by atoms with Crippen LogP contribution in [-0.4, -0.2) is 31.6 Å². The van der Waals surface area contributed by atoms with E-state index in [9.17, 15) is 0 Å². The zero-order valence-electron chi connectivity index (χ0n) is 10.4. The van der Waals surface area contributed by atoms with Crippen molar-refractivity contribution in [3.63, 3.8) is 0 Å². The summed E-state index contributed by atoms with van der Waals surface area (Å²) in [6, 6.07) is 7.20. The third-order valence-electron chi connectivity index (χ3n) is 4.07. The minimum atomic E-state index is 0.537. The predicted octanol–water partition coefficient (Wildman–Crippen LogP) is 1.57. The van der Waals surface area contributed by atoms with E-state index >= 15 is 0 Å². The number of fused-ring (bicyclic) bond motifs is 1. The molecule has 0 aromatic heterocycles. The molecule has 0 aliphatic carbocycles. The predicted molar refractivity (Wildman–Crippen MR) is 68.2 cm³/mol. The van der Waals surface area contributed by atoms with Gasteiger partial charge >= 0.3 is 0 Å². The van der Waals surface area contributed by atoms with Gasteiger partial charge in [-0.25, -0.2) is 0 Å². The molecule has 17 heavy (non-hydrogen) atoms. The standard InChI is InChI=1S/C14H20N2O/c1-16-9-10(8-15)6-13(16)11-2-3-14-12(7-11)4-5-17-14/h2-3,7,10,13H,4-6,8-9,15H2,1H3. The molecule has 0 radical (unpaired) electrons. The Morgan fingerprint density at radius 2 is 2.35 bits per heavy atom. The largest absolute Gasteiger partial charge is 0.493 e. The van der Waals surface area contributed by atoms with Crippen LogP contribution < -0.4 is 10.5 Å². The molecule has 0 bridgehead atoms. The molecular weight excluding hydrogens is 212 g/mol.